The van der Waals surface area contributed by atoms with Crippen molar-refractivity contribution in [1.29, 1.82) is 0 Å². The van der Waals surface area contributed by atoms with Crippen LogP contribution in [0, 0.1) is 0 Å². The van der Waals surface area contributed by atoms with Gasteiger partial charge in [0.25, 0.3) is 0 Å². The van der Waals surface area contributed by atoms with Crippen LogP contribution in [-0.2, 0) is 0 Å². The highest BCUT2D eigenvalue weighted by Gasteiger charge is 2.09. The SMILES string of the molecule is COc1ccc(OC)c(-c2ccc(Cl)c(C=O)c2)c1. The molecule has 0 saturated heterocycles. The number of halogens is 1. The molecular formula is C15H13ClO3. The molecule has 0 N–H and O–H groups in total. The highest BCUT2D eigenvalue weighted by molar-refractivity contribution is 6.33. The summed E-state index contributed by atoms with van der Waals surface area (Å²) >= 11 is 5.93. The molecule has 2 rings (SSSR count). The van der Waals surface area contributed by atoms with E-state index in [-0.39, 0.29) is 0 Å². The first-order chi connectivity index (χ1) is 9.19. The average Bonchev–Trinajstić information content (AvgIpc) is 2.47. The lowest BCUT2D eigenvalue weighted by molar-refractivity contribution is 0.112. The van der Waals surface area contributed by atoms with Crippen LogP contribution in [0.5, 0.6) is 11.5 Å². The van der Waals surface area contributed by atoms with Crippen LogP contribution in [-0.4, -0.2) is 20.5 Å². The molecule has 0 amide bonds. The van der Waals surface area contributed by atoms with Crippen molar-refractivity contribution < 1.29 is 14.3 Å². The van der Waals surface area contributed by atoms with Crippen LogP contribution in [0.15, 0.2) is 36.4 Å². The van der Waals surface area contributed by atoms with Crippen molar-refractivity contribution in [3.05, 3.63) is 47.0 Å². The normalized spacial score (nSPS) is 10.1. The molecule has 0 bridgehead atoms. The van der Waals surface area contributed by atoms with E-state index in [1.165, 1.54) is 0 Å². The summed E-state index contributed by atoms with van der Waals surface area (Å²) in [5.41, 5.74) is 2.15. The van der Waals surface area contributed by atoms with Gasteiger partial charge in [0.05, 0.1) is 19.2 Å². The van der Waals surface area contributed by atoms with Gasteiger partial charge in [0.15, 0.2) is 6.29 Å². The van der Waals surface area contributed by atoms with Gasteiger partial charge in [-0.2, -0.15) is 0 Å². The van der Waals surface area contributed by atoms with Crippen LogP contribution >= 0.6 is 11.6 Å². The van der Waals surface area contributed by atoms with E-state index in [1.807, 2.05) is 24.3 Å². The molecule has 0 aromatic heterocycles. The molecule has 0 heterocycles. The molecule has 3 nitrogen and oxygen atoms in total. The summed E-state index contributed by atoms with van der Waals surface area (Å²) in [5.74, 6) is 1.43. The Balaban J connectivity index is 2.59. The highest BCUT2D eigenvalue weighted by atomic mass is 35.5. The van der Waals surface area contributed by atoms with Gasteiger partial charge < -0.3 is 9.47 Å². The van der Waals surface area contributed by atoms with Crippen molar-refractivity contribution in [2.24, 2.45) is 0 Å². The van der Waals surface area contributed by atoms with Gasteiger partial charge in [-0.25, -0.2) is 0 Å². The lowest BCUT2D eigenvalue weighted by Crippen LogP contribution is -1.91. The van der Waals surface area contributed by atoms with Gasteiger partial charge >= 0.3 is 0 Å². The lowest BCUT2D eigenvalue weighted by atomic mass is 10.0. The monoisotopic (exact) mass is 276 g/mol. The summed E-state index contributed by atoms with van der Waals surface area (Å²) in [7, 11) is 3.20. The second-order valence-corrected chi connectivity index (χ2v) is 4.33. The maximum absolute atomic E-state index is 10.9. The van der Waals surface area contributed by atoms with Crippen LogP contribution in [0.1, 0.15) is 10.4 Å². The second kappa shape index (κ2) is 5.76. The fraction of sp³-hybridized carbons (Fsp3) is 0.133. The van der Waals surface area contributed by atoms with Crippen LogP contribution in [0.25, 0.3) is 11.1 Å². The molecule has 19 heavy (non-hydrogen) atoms. The standard InChI is InChI=1S/C15H13ClO3/c1-18-12-4-6-15(19-2)13(8-12)10-3-5-14(16)11(7-10)9-17/h3-9H,1-2H3. The van der Waals surface area contributed by atoms with E-state index in [2.05, 4.69) is 0 Å². The fourth-order valence-electron chi connectivity index (χ4n) is 1.84. The van der Waals surface area contributed by atoms with Crippen molar-refractivity contribution in [2.75, 3.05) is 14.2 Å². The molecule has 0 fully saturated rings. The number of carbonyl (C=O) groups is 1. The van der Waals surface area contributed by atoms with Crippen LogP contribution in [0.2, 0.25) is 5.02 Å². The summed E-state index contributed by atoms with van der Waals surface area (Å²) in [5, 5.41) is 0.431. The number of ether oxygens (including phenoxy) is 2. The Morgan fingerprint density at radius 2 is 1.84 bits per heavy atom. The molecular weight excluding hydrogens is 264 g/mol. The summed E-state index contributed by atoms with van der Waals surface area (Å²) in [6, 6.07) is 10.8. The average molecular weight is 277 g/mol. The van der Waals surface area contributed by atoms with E-state index in [4.69, 9.17) is 21.1 Å². The summed E-state index contributed by atoms with van der Waals surface area (Å²) in [6.07, 6.45) is 0.735. The van der Waals surface area contributed by atoms with Gasteiger partial charge in [0.2, 0.25) is 0 Å². The highest BCUT2D eigenvalue weighted by Crippen LogP contribution is 2.34. The topological polar surface area (TPSA) is 35.5 Å². The van der Waals surface area contributed by atoms with Gasteiger partial charge in [-0.15, -0.1) is 0 Å². The molecule has 98 valence electrons. The van der Waals surface area contributed by atoms with Gasteiger partial charge in [-0.1, -0.05) is 17.7 Å². The Bertz CT molecular complexity index is 608. The van der Waals surface area contributed by atoms with Crippen LogP contribution in [0.4, 0.5) is 0 Å². The molecule has 0 spiro atoms. The van der Waals surface area contributed by atoms with Crippen molar-refractivity contribution >= 4 is 17.9 Å². The zero-order valence-corrected chi connectivity index (χ0v) is 11.4. The second-order valence-electron chi connectivity index (χ2n) is 3.92. The predicted octanol–water partition coefficient (Wildman–Crippen LogP) is 3.84. The van der Waals surface area contributed by atoms with Crippen molar-refractivity contribution in [1.82, 2.24) is 0 Å². The molecule has 4 heteroatoms. The number of hydrogen-bond donors (Lipinski definition) is 0. The van der Waals surface area contributed by atoms with E-state index >= 15 is 0 Å². The number of methoxy groups -OCH3 is 2. The summed E-state index contributed by atoms with van der Waals surface area (Å²) < 4.78 is 10.5. The first-order valence-electron chi connectivity index (χ1n) is 5.66. The third kappa shape index (κ3) is 2.71. The van der Waals surface area contributed by atoms with E-state index in [9.17, 15) is 4.79 Å². The quantitative estimate of drug-likeness (QED) is 0.796. The molecule has 0 aliphatic carbocycles. The Morgan fingerprint density at radius 3 is 2.47 bits per heavy atom. The van der Waals surface area contributed by atoms with Crippen molar-refractivity contribution in [2.45, 2.75) is 0 Å². The zero-order valence-electron chi connectivity index (χ0n) is 10.6. The van der Waals surface area contributed by atoms with E-state index in [0.717, 1.165) is 23.2 Å². The minimum absolute atomic E-state index is 0.431. The van der Waals surface area contributed by atoms with Gasteiger partial charge in [-0.05, 0) is 35.9 Å². The molecule has 0 atom stereocenters. The third-order valence-electron chi connectivity index (χ3n) is 2.84. The molecule has 0 saturated carbocycles. The Labute approximate surface area is 116 Å². The third-order valence-corrected chi connectivity index (χ3v) is 3.18. The van der Waals surface area contributed by atoms with Crippen molar-refractivity contribution in [3.8, 4) is 22.6 Å². The molecule has 0 radical (unpaired) electrons. The minimum atomic E-state index is 0.431. The molecule has 2 aromatic carbocycles. The van der Waals surface area contributed by atoms with Crippen LogP contribution in [0.3, 0.4) is 0 Å². The smallest absolute Gasteiger partial charge is 0.151 e. The first-order valence-corrected chi connectivity index (χ1v) is 6.04. The Kier molecular flexibility index (Phi) is 4.07. The number of carbonyl (C=O) groups excluding carboxylic acids is 1. The van der Waals surface area contributed by atoms with Crippen LogP contribution < -0.4 is 9.47 Å². The lowest BCUT2D eigenvalue weighted by Gasteiger charge is -2.11. The zero-order chi connectivity index (χ0) is 13.8. The summed E-state index contributed by atoms with van der Waals surface area (Å²) in [4.78, 5) is 10.9. The van der Waals surface area contributed by atoms with Gasteiger partial charge in [0, 0.05) is 11.1 Å². The number of hydrogen-bond acceptors (Lipinski definition) is 3. The molecule has 0 unspecified atom stereocenters. The molecule has 2 aromatic rings. The van der Waals surface area contributed by atoms with Crippen molar-refractivity contribution in [3.63, 3.8) is 0 Å². The van der Waals surface area contributed by atoms with E-state index in [0.29, 0.717) is 16.3 Å². The first kappa shape index (κ1) is 13.4. The largest absolute Gasteiger partial charge is 0.497 e. The maximum atomic E-state index is 10.9. The number of benzene rings is 2. The number of rotatable bonds is 4. The maximum Gasteiger partial charge on any atom is 0.151 e. The minimum Gasteiger partial charge on any atom is -0.497 e. The van der Waals surface area contributed by atoms with E-state index in [1.54, 1.807) is 26.4 Å². The predicted molar refractivity (Wildman–Crippen MR) is 75.4 cm³/mol. The Hall–Kier alpha value is -2.00. The fourth-order valence-corrected chi connectivity index (χ4v) is 2.00. The Morgan fingerprint density at radius 1 is 1.05 bits per heavy atom. The summed E-state index contributed by atoms with van der Waals surface area (Å²) in [6.45, 7) is 0. The van der Waals surface area contributed by atoms with E-state index < -0.39 is 0 Å². The molecule has 0 aliphatic rings. The molecule has 0 aliphatic heterocycles. The van der Waals surface area contributed by atoms with Gasteiger partial charge in [-0.3, -0.25) is 4.79 Å². The van der Waals surface area contributed by atoms with Gasteiger partial charge in [0.1, 0.15) is 11.5 Å². The number of aldehydes is 1.